The second-order valence-electron chi connectivity index (χ2n) is 3.52. The van der Waals surface area contributed by atoms with Crippen LogP contribution in [0.1, 0.15) is 6.92 Å². The molecule has 0 aliphatic carbocycles. The third kappa shape index (κ3) is 2.72. The van der Waals surface area contributed by atoms with Crippen molar-refractivity contribution >= 4 is 34.8 Å². The fraction of sp³-hybridized carbons (Fsp3) is 0.154. The number of rotatable bonds is 3. The fourth-order valence-electron chi connectivity index (χ4n) is 1.58. The molecule has 0 saturated carbocycles. The van der Waals surface area contributed by atoms with Gasteiger partial charge in [-0.05, 0) is 25.1 Å². The average Bonchev–Trinajstić information content (AvgIpc) is 2.35. The molecule has 0 N–H and O–H groups in total. The Labute approximate surface area is 120 Å². The summed E-state index contributed by atoms with van der Waals surface area (Å²) < 4.78 is 5.54. The quantitative estimate of drug-likeness (QED) is 0.735. The lowest BCUT2D eigenvalue weighted by atomic mass is 10.1. The van der Waals surface area contributed by atoms with Crippen molar-refractivity contribution in [2.45, 2.75) is 6.92 Å². The molecule has 0 aliphatic rings. The molecular weight excluding hydrogens is 293 g/mol. The summed E-state index contributed by atoms with van der Waals surface area (Å²) >= 11 is 17.9. The number of benzene rings is 1. The van der Waals surface area contributed by atoms with Crippen molar-refractivity contribution in [3.8, 4) is 17.0 Å². The van der Waals surface area contributed by atoms with Gasteiger partial charge in [0.15, 0.2) is 0 Å². The normalized spacial score (nSPS) is 10.4. The Balaban J connectivity index is 2.58. The van der Waals surface area contributed by atoms with E-state index in [1.165, 1.54) is 0 Å². The predicted octanol–water partition coefficient (Wildman–Crippen LogP) is 5.11. The molecule has 1 aromatic heterocycles. The van der Waals surface area contributed by atoms with Gasteiger partial charge in [0.1, 0.15) is 10.9 Å². The minimum atomic E-state index is 0.224. The summed E-state index contributed by atoms with van der Waals surface area (Å²) in [5, 5.41) is 0.998. The molecule has 2 rings (SSSR count). The SMILES string of the molecule is CCOc1ccccc1-c1nc(Cl)c(Cl)cc1Cl. The molecule has 2 nitrogen and oxygen atoms in total. The Bertz CT molecular complexity index is 572. The van der Waals surface area contributed by atoms with Crippen LogP contribution in [-0.4, -0.2) is 11.6 Å². The molecule has 1 aromatic carbocycles. The highest BCUT2D eigenvalue weighted by Gasteiger charge is 2.13. The van der Waals surface area contributed by atoms with Crippen LogP contribution in [0.25, 0.3) is 11.3 Å². The van der Waals surface area contributed by atoms with Gasteiger partial charge in [-0.1, -0.05) is 46.9 Å². The van der Waals surface area contributed by atoms with Crippen LogP contribution in [0.4, 0.5) is 0 Å². The summed E-state index contributed by atoms with van der Waals surface area (Å²) in [7, 11) is 0. The van der Waals surface area contributed by atoms with Gasteiger partial charge in [-0.2, -0.15) is 0 Å². The lowest BCUT2D eigenvalue weighted by Gasteiger charge is -2.11. The van der Waals surface area contributed by atoms with Crippen molar-refractivity contribution < 1.29 is 4.74 Å². The monoisotopic (exact) mass is 301 g/mol. The highest BCUT2D eigenvalue weighted by molar-refractivity contribution is 6.43. The molecule has 2 aromatic rings. The van der Waals surface area contributed by atoms with Gasteiger partial charge >= 0.3 is 0 Å². The minimum absolute atomic E-state index is 0.224. The lowest BCUT2D eigenvalue weighted by Crippen LogP contribution is -1.95. The van der Waals surface area contributed by atoms with Crippen LogP contribution in [0.2, 0.25) is 15.2 Å². The minimum Gasteiger partial charge on any atom is -0.493 e. The van der Waals surface area contributed by atoms with Gasteiger partial charge in [-0.15, -0.1) is 0 Å². The molecule has 0 amide bonds. The van der Waals surface area contributed by atoms with Gasteiger partial charge in [0, 0.05) is 5.56 Å². The summed E-state index contributed by atoms with van der Waals surface area (Å²) in [6, 6.07) is 9.09. The summed E-state index contributed by atoms with van der Waals surface area (Å²) in [5.74, 6) is 0.716. The maximum Gasteiger partial charge on any atom is 0.148 e. The number of hydrogen-bond acceptors (Lipinski definition) is 2. The Morgan fingerprint density at radius 2 is 1.83 bits per heavy atom. The molecule has 0 fully saturated rings. The van der Waals surface area contributed by atoms with E-state index in [1.54, 1.807) is 6.07 Å². The first kappa shape index (κ1) is 13.5. The Kier molecular flexibility index (Phi) is 4.33. The zero-order valence-electron chi connectivity index (χ0n) is 9.58. The van der Waals surface area contributed by atoms with Crippen molar-refractivity contribution in [1.82, 2.24) is 4.98 Å². The first-order chi connectivity index (χ1) is 8.63. The van der Waals surface area contributed by atoms with Crippen LogP contribution in [0, 0.1) is 0 Å². The third-order valence-corrected chi connectivity index (χ3v) is 3.29. The average molecular weight is 303 g/mol. The summed E-state index contributed by atoms with van der Waals surface area (Å²) in [4.78, 5) is 4.21. The van der Waals surface area contributed by atoms with E-state index >= 15 is 0 Å². The molecule has 0 radical (unpaired) electrons. The summed E-state index contributed by atoms with van der Waals surface area (Å²) in [6.45, 7) is 2.48. The summed E-state index contributed by atoms with van der Waals surface area (Å²) in [5.41, 5.74) is 1.36. The first-order valence-electron chi connectivity index (χ1n) is 5.37. The zero-order chi connectivity index (χ0) is 13.1. The predicted molar refractivity (Wildman–Crippen MR) is 75.9 cm³/mol. The van der Waals surface area contributed by atoms with Crippen molar-refractivity contribution in [2.75, 3.05) is 6.61 Å². The molecule has 0 saturated heterocycles. The van der Waals surface area contributed by atoms with Gasteiger partial charge in [0.05, 0.1) is 22.3 Å². The van der Waals surface area contributed by atoms with E-state index in [2.05, 4.69) is 4.98 Å². The van der Waals surface area contributed by atoms with Crippen molar-refractivity contribution in [3.63, 3.8) is 0 Å². The van der Waals surface area contributed by atoms with E-state index in [1.807, 2.05) is 31.2 Å². The number of hydrogen-bond donors (Lipinski definition) is 0. The first-order valence-corrected chi connectivity index (χ1v) is 6.50. The number of nitrogens with zero attached hydrogens (tertiary/aromatic N) is 1. The van der Waals surface area contributed by atoms with Gasteiger partial charge in [-0.25, -0.2) is 4.98 Å². The van der Waals surface area contributed by atoms with Gasteiger partial charge in [-0.3, -0.25) is 0 Å². The van der Waals surface area contributed by atoms with Crippen molar-refractivity contribution in [3.05, 3.63) is 45.5 Å². The van der Waals surface area contributed by atoms with E-state index in [-0.39, 0.29) is 5.15 Å². The maximum absolute atomic E-state index is 6.15. The van der Waals surface area contributed by atoms with E-state index in [0.717, 1.165) is 5.56 Å². The van der Waals surface area contributed by atoms with Crippen LogP contribution in [0.5, 0.6) is 5.75 Å². The highest BCUT2D eigenvalue weighted by atomic mass is 35.5. The molecule has 0 spiro atoms. The van der Waals surface area contributed by atoms with Crippen LogP contribution in [-0.2, 0) is 0 Å². The third-order valence-electron chi connectivity index (χ3n) is 2.33. The van der Waals surface area contributed by atoms with Crippen LogP contribution in [0.3, 0.4) is 0 Å². The Hall–Kier alpha value is -0.960. The molecule has 5 heteroatoms. The van der Waals surface area contributed by atoms with Crippen LogP contribution >= 0.6 is 34.8 Å². The van der Waals surface area contributed by atoms with E-state index in [9.17, 15) is 0 Å². The second kappa shape index (κ2) is 5.79. The van der Waals surface area contributed by atoms with Crippen molar-refractivity contribution in [2.24, 2.45) is 0 Å². The number of aromatic nitrogens is 1. The Morgan fingerprint density at radius 1 is 1.11 bits per heavy atom. The maximum atomic E-state index is 6.15. The van der Waals surface area contributed by atoms with Gasteiger partial charge in [0.2, 0.25) is 0 Å². The Morgan fingerprint density at radius 3 is 2.56 bits per heavy atom. The smallest absolute Gasteiger partial charge is 0.148 e. The van der Waals surface area contributed by atoms with E-state index < -0.39 is 0 Å². The summed E-state index contributed by atoms with van der Waals surface area (Å²) in [6.07, 6.45) is 0. The van der Waals surface area contributed by atoms with Gasteiger partial charge < -0.3 is 4.74 Å². The van der Waals surface area contributed by atoms with Crippen molar-refractivity contribution in [1.29, 1.82) is 0 Å². The number of halogens is 3. The van der Waals surface area contributed by atoms with Crippen LogP contribution in [0.15, 0.2) is 30.3 Å². The van der Waals surface area contributed by atoms with E-state index in [0.29, 0.717) is 28.1 Å². The van der Waals surface area contributed by atoms with Crippen LogP contribution < -0.4 is 4.74 Å². The largest absolute Gasteiger partial charge is 0.493 e. The fourth-order valence-corrected chi connectivity index (χ4v) is 2.18. The standard InChI is InChI=1S/C13H10Cl3NO/c1-2-18-11-6-4-3-5-8(11)12-9(14)7-10(15)13(16)17-12/h3-7H,2H2,1H3. The van der Waals surface area contributed by atoms with Gasteiger partial charge in [0.25, 0.3) is 0 Å². The molecule has 1 heterocycles. The molecule has 0 unspecified atom stereocenters. The molecule has 0 atom stereocenters. The van der Waals surface area contributed by atoms with E-state index in [4.69, 9.17) is 39.5 Å². The molecule has 0 bridgehead atoms. The highest BCUT2D eigenvalue weighted by Crippen LogP contribution is 2.36. The number of para-hydroxylation sites is 1. The second-order valence-corrected chi connectivity index (χ2v) is 4.69. The number of pyridine rings is 1. The zero-order valence-corrected chi connectivity index (χ0v) is 11.9. The number of ether oxygens (including phenoxy) is 1. The molecular formula is C13H10Cl3NO. The lowest BCUT2D eigenvalue weighted by molar-refractivity contribution is 0.341. The molecule has 94 valence electrons. The molecule has 18 heavy (non-hydrogen) atoms. The molecule has 0 aliphatic heterocycles. The topological polar surface area (TPSA) is 22.1 Å².